The molecule has 2 rings (SSSR count). The molecule has 1 saturated heterocycles. The molecule has 1 aliphatic heterocycles. The zero-order chi connectivity index (χ0) is 12.1. The molecule has 0 radical (unpaired) electrons. The predicted molar refractivity (Wildman–Crippen MR) is 72.7 cm³/mol. The van der Waals surface area contributed by atoms with Crippen molar-refractivity contribution in [3.05, 3.63) is 5.82 Å². The second kappa shape index (κ2) is 6.31. The molecule has 1 N–H and O–H groups in total. The lowest BCUT2D eigenvalue weighted by molar-refractivity contribution is 0.269. The van der Waals surface area contributed by atoms with Gasteiger partial charge in [-0.3, -0.25) is 4.90 Å². The molecule has 0 amide bonds. The maximum Gasteiger partial charge on any atom is 0.202 e. The van der Waals surface area contributed by atoms with Gasteiger partial charge in [-0.15, -0.1) is 0 Å². The average Bonchev–Trinajstić information content (AvgIpc) is 2.97. The van der Waals surface area contributed by atoms with Crippen LogP contribution >= 0.6 is 11.5 Å². The highest BCUT2D eigenvalue weighted by atomic mass is 32.1. The third kappa shape index (κ3) is 3.64. The van der Waals surface area contributed by atoms with E-state index in [4.69, 9.17) is 0 Å². The molecule has 1 unspecified atom stereocenters. The first-order valence-electron chi connectivity index (χ1n) is 6.60. The molecular formula is C12H22N4S. The minimum absolute atomic E-state index is 0.594. The Labute approximate surface area is 108 Å². The van der Waals surface area contributed by atoms with E-state index >= 15 is 0 Å². The molecule has 0 spiro atoms. The van der Waals surface area contributed by atoms with Crippen molar-refractivity contribution in [1.82, 2.24) is 14.3 Å². The van der Waals surface area contributed by atoms with Gasteiger partial charge in [0, 0.05) is 30.5 Å². The van der Waals surface area contributed by atoms with Crippen LogP contribution < -0.4 is 5.32 Å². The highest BCUT2D eigenvalue weighted by Crippen LogP contribution is 2.15. The third-order valence-electron chi connectivity index (χ3n) is 3.25. The summed E-state index contributed by atoms with van der Waals surface area (Å²) in [5.74, 6) is 0.980. The van der Waals surface area contributed by atoms with Crippen LogP contribution in [0.3, 0.4) is 0 Å². The van der Waals surface area contributed by atoms with Crippen molar-refractivity contribution < 1.29 is 0 Å². The summed E-state index contributed by atoms with van der Waals surface area (Å²) >= 11 is 1.48. The van der Waals surface area contributed by atoms with E-state index in [0.717, 1.165) is 30.3 Å². The quantitative estimate of drug-likeness (QED) is 0.846. The van der Waals surface area contributed by atoms with Crippen molar-refractivity contribution in [1.29, 1.82) is 0 Å². The van der Waals surface area contributed by atoms with Crippen LogP contribution in [-0.4, -0.2) is 39.9 Å². The highest BCUT2D eigenvalue weighted by molar-refractivity contribution is 7.09. The molecule has 2 heterocycles. The normalized spacial score (nSPS) is 18.5. The third-order valence-corrected chi connectivity index (χ3v) is 3.96. The Hall–Kier alpha value is -0.680. The van der Waals surface area contributed by atoms with Gasteiger partial charge >= 0.3 is 0 Å². The summed E-state index contributed by atoms with van der Waals surface area (Å²) in [7, 11) is 0. The van der Waals surface area contributed by atoms with Crippen LogP contribution in [0.25, 0.3) is 0 Å². The molecule has 0 aliphatic carbocycles. The van der Waals surface area contributed by atoms with E-state index in [0.29, 0.717) is 6.04 Å². The fourth-order valence-corrected chi connectivity index (χ4v) is 2.82. The first-order valence-corrected chi connectivity index (χ1v) is 7.37. The number of nitrogens with one attached hydrogen (secondary N) is 1. The van der Waals surface area contributed by atoms with Crippen LogP contribution in [-0.2, 0) is 6.42 Å². The van der Waals surface area contributed by atoms with Gasteiger partial charge in [0.2, 0.25) is 5.13 Å². The fraction of sp³-hybridized carbons (Fsp3) is 0.833. The summed E-state index contributed by atoms with van der Waals surface area (Å²) in [6, 6.07) is 0.594. The number of aromatic nitrogens is 2. The van der Waals surface area contributed by atoms with Gasteiger partial charge in [-0.1, -0.05) is 6.92 Å². The Kier molecular flexibility index (Phi) is 4.74. The van der Waals surface area contributed by atoms with Crippen LogP contribution in [0.4, 0.5) is 5.13 Å². The summed E-state index contributed by atoms with van der Waals surface area (Å²) < 4.78 is 4.34. The first-order chi connectivity index (χ1) is 8.29. The van der Waals surface area contributed by atoms with Crippen molar-refractivity contribution in [2.75, 3.05) is 25.0 Å². The molecule has 1 aromatic rings. The van der Waals surface area contributed by atoms with Crippen LogP contribution in [0.2, 0.25) is 0 Å². The topological polar surface area (TPSA) is 41.1 Å². The zero-order valence-electron chi connectivity index (χ0n) is 10.8. The summed E-state index contributed by atoms with van der Waals surface area (Å²) in [6.45, 7) is 7.91. The molecule has 1 aliphatic rings. The Morgan fingerprint density at radius 3 is 2.88 bits per heavy atom. The van der Waals surface area contributed by atoms with Crippen LogP contribution in [0, 0.1) is 0 Å². The van der Waals surface area contributed by atoms with Crippen molar-refractivity contribution >= 4 is 16.7 Å². The highest BCUT2D eigenvalue weighted by Gasteiger charge is 2.17. The van der Waals surface area contributed by atoms with Crippen LogP contribution in [0.15, 0.2) is 0 Å². The second-order valence-corrected chi connectivity index (χ2v) is 5.49. The Morgan fingerprint density at radius 2 is 2.18 bits per heavy atom. The molecule has 4 nitrogen and oxygen atoms in total. The van der Waals surface area contributed by atoms with Gasteiger partial charge in [0.15, 0.2) is 0 Å². The lowest BCUT2D eigenvalue weighted by atomic mass is 10.3. The second-order valence-electron chi connectivity index (χ2n) is 4.74. The van der Waals surface area contributed by atoms with Crippen molar-refractivity contribution in [2.45, 2.75) is 45.6 Å². The van der Waals surface area contributed by atoms with E-state index in [1.54, 1.807) is 0 Å². The van der Waals surface area contributed by atoms with E-state index in [2.05, 4.69) is 33.4 Å². The molecule has 0 saturated carbocycles. The molecule has 1 atom stereocenters. The minimum Gasteiger partial charge on any atom is -0.359 e. The number of hydrogen-bond acceptors (Lipinski definition) is 5. The van der Waals surface area contributed by atoms with Gasteiger partial charge in [-0.05, 0) is 39.3 Å². The monoisotopic (exact) mass is 254 g/mol. The van der Waals surface area contributed by atoms with Crippen molar-refractivity contribution in [3.8, 4) is 0 Å². The minimum atomic E-state index is 0.594. The summed E-state index contributed by atoms with van der Waals surface area (Å²) in [5.41, 5.74) is 0. The van der Waals surface area contributed by atoms with E-state index in [1.165, 1.54) is 37.5 Å². The molecule has 0 bridgehead atoms. The maximum atomic E-state index is 4.48. The van der Waals surface area contributed by atoms with Gasteiger partial charge in [0.25, 0.3) is 0 Å². The smallest absolute Gasteiger partial charge is 0.202 e. The van der Waals surface area contributed by atoms with E-state index in [-0.39, 0.29) is 0 Å². The molecule has 17 heavy (non-hydrogen) atoms. The largest absolute Gasteiger partial charge is 0.359 e. The van der Waals surface area contributed by atoms with Crippen molar-refractivity contribution in [2.24, 2.45) is 0 Å². The molecule has 1 aromatic heterocycles. The molecular weight excluding hydrogens is 232 g/mol. The Balaban J connectivity index is 1.76. The van der Waals surface area contributed by atoms with E-state index in [1.807, 2.05) is 0 Å². The number of likely N-dealkylation sites (tertiary alicyclic amines) is 1. The number of rotatable bonds is 6. The number of anilines is 1. The van der Waals surface area contributed by atoms with Crippen molar-refractivity contribution in [3.63, 3.8) is 0 Å². The summed E-state index contributed by atoms with van der Waals surface area (Å²) in [4.78, 5) is 7.02. The number of aryl methyl sites for hydroxylation is 1. The van der Waals surface area contributed by atoms with Gasteiger partial charge in [0.05, 0.1) is 0 Å². The molecule has 5 heteroatoms. The van der Waals surface area contributed by atoms with Gasteiger partial charge in [-0.25, -0.2) is 4.98 Å². The Morgan fingerprint density at radius 1 is 1.41 bits per heavy atom. The van der Waals surface area contributed by atoms with E-state index < -0.39 is 0 Å². The standard InChI is InChI=1S/C12H22N4S/c1-3-6-11-14-12(17-15-11)13-9-10(2)16-7-4-5-8-16/h10H,3-9H2,1-2H3,(H,13,14,15). The predicted octanol–water partition coefficient (Wildman–Crippen LogP) is 2.39. The first kappa shape index (κ1) is 12.8. The number of hydrogen-bond donors (Lipinski definition) is 1. The SMILES string of the molecule is CCCc1nsc(NCC(C)N2CCCC2)n1. The maximum absolute atomic E-state index is 4.48. The summed E-state index contributed by atoms with van der Waals surface area (Å²) in [6.07, 6.45) is 4.80. The number of nitrogens with zero attached hydrogens (tertiary/aromatic N) is 3. The lowest BCUT2D eigenvalue weighted by Gasteiger charge is -2.23. The van der Waals surface area contributed by atoms with Crippen LogP contribution in [0.5, 0.6) is 0 Å². The van der Waals surface area contributed by atoms with Gasteiger partial charge in [0.1, 0.15) is 5.82 Å². The zero-order valence-corrected chi connectivity index (χ0v) is 11.6. The van der Waals surface area contributed by atoms with E-state index in [9.17, 15) is 0 Å². The Bertz CT molecular complexity index is 333. The molecule has 96 valence electrons. The fourth-order valence-electron chi connectivity index (χ4n) is 2.20. The summed E-state index contributed by atoms with van der Waals surface area (Å²) in [5, 5.41) is 4.38. The van der Waals surface area contributed by atoms with Gasteiger partial charge < -0.3 is 5.32 Å². The molecule has 0 aromatic carbocycles. The molecule has 1 fully saturated rings. The van der Waals surface area contributed by atoms with Crippen LogP contribution in [0.1, 0.15) is 38.9 Å². The lowest BCUT2D eigenvalue weighted by Crippen LogP contribution is -2.35. The van der Waals surface area contributed by atoms with Gasteiger partial charge in [-0.2, -0.15) is 4.37 Å². The average molecular weight is 254 g/mol.